The van der Waals surface area contributed by atoms with E-state index in [0.717, 1.165) is 71.3 Å². The lowest BCUT2D eigenvalue weighted by Gasteiger charge is -2.33. The van der Waals surface area contributed by atoms with Gasteiger partial charge in [-0.05, 0) is 45.5 Å². The summed E-state index contributed by atoms with van der Waals surface area (Å²) in [6.45, 7) is 9.85. The van der Waals surface area contributed by atoms with Crippen molar-refractivity contribution in [2.45, 2.75) is 26.2 Å². The van der Waals surface area contributed by atoms with Crippen molar-refractivity contribution in [1.29, 1.82) is 0 Å². The Morgan fingerprint density at radius 3 is 2.55 bits per heavy atom. The largest absolute Gasteiger partial charge is 0.354 e. The molecule has 2 aromatic heterocycles. The van der Waals surface area contributed by atoms with Crippen LogP contribution in [0.2, 0.25) is 0 Å². The molecule has 9 heteroatoms. The molecule has 1 aromatic carbocycles. The molecule has 1 amide bonds. The fourth-order valence-corrected chi connectivity index (χ4v) is 5.25. The second-order valence-electron chi connectivity index (χ2n) is 9.33. The number of fused-ring (bicyclic) bond motifs is 1. The number of nitrogens with one attached hydrogen (secondary N) is 1. The number of amides is 1. The third-order valence-corrected chi connectivity index (χ3v) is 7.31. The molecular weight excluding hydrogens is 434 g/mol. The second-order valence-corrected chi connectivity index (χ2v) is 10.2. The first-order valence-electron chi connectivity index (χ1n) is 11.2. The van der Waals surface area contributed by atoms with Crippen molar-refractivity contribution >= 4 is 39.7 Å². The lowest BCUT2D eigenvalue weighted by atomic mass is 9.85. The van der Waals surface area contributed by atoms with E-state index in [9.17, 15) is 4.79 Å². The predicted molar refractivity (Wildman–Crippen MR) is 134 cm³/mol. The summed E-state index contributed by atoms with van der Waals surface area (Å²) in [4.78, 5) is 33.0. The summed E-state index contributed by atoms with van der Waals surface area (Å²) in [5.74, 6) is 2.55. The van der Waals surface area contributed by atoms with E-state index in [1.54, 1.807) is 16.2 Å². The van der Waals surface area contributed by atoms with Crippen LogP contribution in [-0.2, 0) is 10.2 Å². The maximum Gasteiger partial charge on any atom is 0.236 e. The lowest BCUT2D eigenvalue weighted by Crippen LogP contribution is -2.44. The average Bonchev–Trinajstić information content (AvgIpc) is 3.31. The van der Waals surface area contributed by atoms with Crippen LogP contribution in [0.4, 0.5) is 22.5 Å². The van der Waals surface area contributed by atoms with E-state index in [4.69, 9.17) is 4.98 Å². The Labute approximate surface area is 198 Å². The second kappa shape index (κ2) is 8.07. The number of hydrogen-bond donors (Lipinski definition) is 1. The SMILES string of the molecule is Cc1nc(Nc2nc(-c3ccc4c(c3)C(C)(C)C(=O)N4C)cs2)cc(N2CCN(C)CC2)n1. The Morgan fingerprint density at radius 2 is 1.79 bits per heavy atom. The number of thiazole rings is 1. The molecule has 33 heavy (non-hydrogen) atoms. The van der Waals surface area contributed by atoms with Gasteiger partial charge in [0.15, 0.2) is 5.13 Å². The third-order valence-electron chi connectivity index (χ3n) is 6.56. The molecule has 0 bridgehead atoms. The Hall–Kier alpha value is -3.04. The Bertz CT molecular complexity index is 1210. The molecule has 1 saturated heterocycles. The van der Waals surface area contributed by atoms with E-state index in [1.807, 2.05) is 51.4 Å². The van der Waals surface area contributed by atoms with Gasteiger partial charge in [-0.15, -0.1) is 11.3 Å². The quantitative estimate of drug-likeness (QED) is 0.633. The van der Waals surface area contributed by atoms with Gasteiger partial charge in [-0.25, -0.2) is 15.0 Å². The van der Waals surface area contributed by atoms with Crippen molar-refractivity contribution in [3.05, 3.63) is 41.0 Å². The van der Waals surface area contributed by atoms with E-state index >= 15 is 0 Å². The number of anilines is 4. The number of aryl methyl sites for hydroxylation is 1. The van der Waals surface area contributed by atoms with Crippen LogP contribution < -0.4 is 15.1 Å². The number of carbonyl (C=O) groups excluding carboxylic acids is 1. The van der Waals surface area contributed by atoms with Crippen molar-refractivity contribution in [1.82, 2.24) is 19.9 Å². The number of piperazine rings is 1. The standard InChI is InChI=1S/C24H29N7OS/c1-15-25-20(13-21(26-15)31-10-8-29(4)9-11-31)28-23-27-18(14-33-23)16-6-7-19-17(12-16)24(2,3)22(32)30(19)5/h6-7,12-14H,8-11H2,1-5H3,(H,25,26,27,28). The molecule has 2 aliphatic heterocycles. The van der Waals surface area contributed by atoms with Crippen LogP contribution >= 0.6 is 11.3 Å². The third kappa shape index (κ3) is 3.95. The molecule has 0 atom stereocenters. The summed E-state index contributed by atoms with van der Waals surface area (Å²) >= 11 is 1.54. The first kappa shape index (κ1) is 21.8. The van der Waals surface area contributed by atoms with E-state index < -0.39 is 5.41 Å². The van der Waals surface area contributed by atoms with Gasteiger partial charge in [0, 0.05) is 55.9 Å². The van der Waals surface area contributed by atoms with Crippen LogP contribution in [-0.4, -0.2) is 66.0 Å². The number of likely N-dealkylation sites (N-methyl/N-ethyl adjacent to an activating group) is 2. The molecular formula is C24H29N7OS. The summed E-state index contributed by atoms with van der Waals surface area (Å²) in [7, 11) is 3.98. The average molecular weight is 464 g/mol. The molecule has 2 aliphatic rings. The van der Waals surface area contributed by atoms with Crippen LogP contribution in [0.25, 0.3) is 11.3 Å². The van der Waals surface area contributed by atoms with Crippen molar-refractivity contribution in [3.8, 4) is 11.3 Å². The van der Waals surface area contributed by atoms with Crippen molar-refractivity contribution in [3.63, 3.8) is 0 Å². The van der Waals surface area contributed by atoms with E-state index in [1.165, 1.54) is 0 Å². The molecule has 0 unspecified atom stereocenters. The minimum atomic E-state index is -0.532. The molecule has 4 heterocycles. The molecule has 172 valence electrons. The molecule has 0 saturated carbocycles. The van der Waals surface area contributed by atoms with Gasteiger partial charge in [-0.3, -0.25) is 4.79 Å². The molecule has 0 spiro atoms. The molecule has 8 nitrogen and oxygen atoms in total. The normalized spacial score (nSPS) is 18.0. The summed E-state index contributed by atoms with van der Waals surface area (Å²) in [6, 6.07) is 8.14. The fourth-order valence-electron chi connectivity index (χ4n) is 4.52. The maximum absolute atomic E-state index is 12.6. The lowest BCUT2D eigenvalue weighted by molar-refractivity contribution is -0.121. The minimum absolute atomic E-state index is 0.116. The minimum Gasteiger partial charge on any atom is -0.354 e. The Morgan fingerprint density at radius 1 is 1.03 bits per heavy atom. The topological polar surface area (TPSA) is 77.5 Å². The van der Waals surface area contributed by atoms with Gasteiger partial charge in [0.25, 0.3) is 0 Å². The van der Waals surface area contributed by atoms with Gasteiger partial charge >= 0.3 is 0 Å². The zero-order valence-electron chi connectivity index (χ0n) is 19.7. The van der Waals surface area contributed by atoms with Gasteiger partial charge in [-0.1, -0.05) is 6.07 Å². The van der Waals surface area contributed by atoms with Crippen LogP contribution in [0.3, 0.4) is 0 Å². The number of nitrogens with zero attached hydrogens (tertiary/aromatic N) is 6. The highest BCUT2D eigenvalue weighted by atomic mass is 32.1. The first-order chi connectivity index (χ1) is 15.7. The fraction of sp³-hybridized carbons (Fsp3) is 0.417. The van der Waals surface area contributed by atoms with E-state index in [-0.39, 0.29) is 5.91 Å². The summed E-state index contributed by atoms with van der Waals surface area (Å²) in [6.07, 6.45) is 0. The molecule has 5 rings (SSSR count). The number of benzene rings is 1. The van der Waals surface area contributed by atoms with Crippen LogP contribution in [0.15, 0.2) is 29.6 Å². The smallest absolute Gasteiger partial charge is 0.236 e. The maximum atomic E-state index is 12.6. The summed E-state index contributed by atoms with van der Waals surface area (Å²) in [5.41, 5.74) is 3.36. The highest BCUT2D eigenvalue weighted by Gasteiger charge is 2.42. The van der Waals surface area contributed by atoms with Gasteiger partial charge in [0.05, 0.1) is 11.1 Å². The number of carbonyl (C=O) groups is 1. The van der Waals surface area contributed by atoms with E-state index in [0.29, 0.717) is 0 Å². The zero-order valence-corrected chi connectivity index (χ0v) is 20.5. The Balaban J connectivity index is 1.38. The number of hydrogen-bond acceptors (Lipinski definition) is 8. The summed E-state index contributed by atoms with van der Waals surface area (Å²) in [5, 5.41) is 6.18. The number of rotatable bonds is 4. The molecule has 0 aliphatic carbocycles. The molecule has 3 aromatic rings. The van der Waals surface area contributed by atoms with Gasteiger partial charge in [-0.2, -0.15) is 0 Å². The molecule has 1 N–H and O–H groups in total. The molecule has 0 radical (unpaired) electrons. The van der Waals surface area contributed by atoms with Gasteiger partial charge in [0.1, 0.15) is 17.5 Å². The predicted octanol–water partition coefficient (Wildman–Crippen LogP) is 3.66. The molecule has 1 fully saturated rings. The highest BCUT2D eigenvalue weighted by Crippen LogP contribution is 2.42. The summed E-state index contributed by atoms with van der Waals surface area (Å²) < 4.78 is 0. The van der Waals surface area contributed by atoms with Gasteiger partial charge < -0.3 is 20.0 Å². The van der Waals surface area contributed by atoms with Crippen LogP contribution in [0.1, 0.15) is 25.2 Å². The van der Waals surface area contributed by atoms with Crippen molar-refractivity contribution in [2.24, 2.45) is 0 Å². The first-order valence-corrected chi connectivity index (χ1v) is 12.0. The van der Waals surface area contributed by atoms with Crippen molar-refractivity contribution in [2.75, 3.05) is 55.4 Å². The van der Waals surface area contributed by atoms with Gasteiger partial charge in [0.2, 0.25) is 5.91 Å². The highest BCUT2D eigenvalue weighted by molar-refractivity contribution is 7.14. The number of aromatic nitrogens is 3. The van der Waals surface area contributed by atoms with Crippen LogP contribution in [0.5, 0.6) is 0 Å². The van der Waals surface area contributed by atoms with Crippen LogP contribution in [0, 0.1) is 6.92 Å². The van der Waals surface area contributed by atoms with Crippen molar-refractivity contribution < 1.29 is 4.79 Å². The zero-order chi connectivity index (χ0) is 23.3. The monoisotopic (exact) mass is 463 g/mol. The van der Waals surface area contributed by atoms with E-state index in [2.05, 4.69) is 38.2 Å². The Kier molecular flexibility index (Phi) is 5.33.